The van der Waals surface area contributed by atoms with Gasteiger partial charge >= 0.3 is 16.8 Å². The topological polar surface area (TPSA) is 229 Å². The minimum atomic E-state index is -4.75. The van der Waals surface area contributed by atoms with Gasteiger partial charge in [0.15, 0.2) is 0 Å². The smallest absolute Gasteiger partial charge is 0.744 e. The van der Waals surface area contributed by atoms with E-state index in [1.807, 2.05) is 60.7 Å². The molecule has 0 spiro atoms. The van der Waals surface area contributed by atoms with E-state index in [0.29, 0.717) is 33.8 Å². The Morgan fingerprint density at radius 2 is 0.632 bits per heavy atom. The largest absolute Gasteiger partial charge is 2.00 e. The molecule has 283 valence electrons. The van der Waals surface area contributed by atoms with Crippen molar-refractivity contribution in [2.75, 3.05) is 0 Å². The molecule has 10 rings (SSSR count). The monoisotopic (exact) mass is 837 g/mol. The Bertz CT molecular complexity index is 3120. The summed E-state index contributed by atoms with van der Waals surface area (Å²) in [4.78, 5) is 29.4. The molecule has 10 heterocycles. The van der Waals surface area contributed by atoms with Crippen LogP contribution in [0, 0.1) is 0 Å². The van der Waals surface area contributed by atoms with Gasteiger partial charge in [0.2, 0.25) is 0 Å². The van der Waals surface area contributed by atoms with Crippen molar-refractivity contribution < 1.29 is 42.7 Å². The predicted octanol–water partition coefficient (Wildman–Crippen LogP) is 7.12. The third kappa shape index (κ3) is 8.10. The summed E-state index contributed by atoms with van der Waals surface area (Å²) in [5.41, 5.74) is 9.33. The molecule has 0 saturated heterocycles. The zero-order valence-corrected chi connectivity index (χ0v) is 31.8. The quantitative estimate of drug-likeness (QED) is 0.129. The summed E-state index contributed by atoms with van der Waals surface area (Å²) < 4.78 is 71.6. The standard InChI is InChI=1S/2C20H14N4O3S.Co/c2*25-28(26,27)20-18-7-5-16(23-18)10-14-3-1-12(21-14)9-13-2-4-15(22-13)11-17-6-8-19(20)24-17;/h2*1-11,21,24H,(H,25,26,27);/q;;+2/p-2. The van der Waals surface area contributed by atoms with E-state index in [2.05, 4.69) is 39.9 Å². The molecule has 0 aromatic carbocycles. The van der Waals surface area contributed by atoms with E-state index in [-0.39, 0.29) is 49.0 Å². The minimum Gasteiger partial charge on any atom is -0.744 e. The number of aromatic amines is 4. The van der Waals surface area contributed by atoms with Gasteiger partial charge in [-0.1, -0.05) is 0 Å². The summed E-state index contributed by atoms with van der Waals surface area (Å²) in [6.07, 6.45) is 13.9. The molecular formula is C40H26CoN8O6S2. The summed E-state index contributed by atoms with van der Waals surface area (Å²) in [6.45, 7) is 0. The first kappa shape index (κ1) is 37.5. The van der Waals surface area contributed by atoms with E-state index in [1.165, 1.54) is 12.2 Å². The predicted molar refractivity (Wildman–Crippen MR) is 214 cm³/mol. The Kier molecular flexibility index (Phi) is 9.56. The Morgan fingerprint density at radius 1 is 0.368 bits per heavy atom. The molecule has 0 aliphatic carbocycles. The van der Waals surface area contributed by atoms with Crippen LogP contribution in [0.2, 0.25) is 0 Å². The van der Waals surface area contributed by atoms with Gasteiger partial charge in [-0.25, -0.2) is 36.8 Å². The van der Waals surface area contributed by atoms with E-state index in [4.69, 9.17) is 0 Å². The zero-order chi connectivity index (χ0) is 38.6. The number of rotatable bonds is 2. The molecule has 6 aromatic heterocycles. The Balaban J connectivity index is 0.000000157. The van der Waals surface area contributed by atoms with Crippen LogP contribution in [0.1, 0.15) is 45.6 Å². The fraction of sp³-hybridized carbons (Fsp3) is 0. The number of nitrogens with zero attached hydrogens (tertiary/aromatic N) is 4. The molecule has 4 aliphatic rings. The van der Waals surface area contributed by atoms with Crippen LogP contribution < -0.4 is 0 Å². The SMILES string of the molecule is O=S(=O)([O-])c1c2nc(cc3ccc(cc4nc(cc5ccc1[nH]5)C=C4)[nH]3)C=C2.O=S(=O)([O-])c1c2nc(cc3ccc(cc4nc(cc5ccc1[nH]5)C=C4)[nH]3)C=C2.[Co+2]. The summed E-state index contributed by atoms with van der Waals surface area (Å²) in [5.74, 6) is 0. The summed E-state index contributed by atoms with van der Waals surface area (Å²) in [6, 6.07) is 25.1. The third-order valence-electron chi connectivity index (χ3n) is 8.84. The van der Waals surface area contributed by atoms with Crippen molar-refractivity contribution in [2.45, 2.75) is 9.79 Å². The first-order chi connectivity index (χ1) is 26.9. The summed E-state index contributed by atoms with van der Waals surface area (Å²) in [5, 5.41) is 0. The number of hydrogen-bond donors (Lipinski definition) is 4. The molecule has 4 N–H and O–H groups in total. The molecule has 0 atom stereocenters. The second kappa shape index (κ2) is 14.6. The van der Waals surface area contributed by atoms with Gasteiger partial charge in [-0.05, 0) is 134 Å². The second-order valence-electron chi connectivity index (χ2n) is 12.9. The average molecular weight is 838 g/mol. The number of aromatic nitrogens is 8. The van der Waals surface area contributed by atoms with Crippen molar-refractivity contribution in [1.29, 1.82) is 0 Å². The second-order valence-corrected chi connectivity index (χ2v) is 15.6. The van der Waals surface area contributed by atoms with Gasteiger partial charge in [-0.15, -0.1) is 0 Å². The summed E-state index contributed by atoms with van der Waals surface area (Å²) >= 11 is 0. The minimum absolute atomic E-state index is 0. The molecule has 16 bridgehead atoms. The van der Waals surface area contributed by atoms with E-state index in [1.54, 1.807) is 60.7 Å². The van der Waals surface area contributed by atoms with Gasteiger partial charge < -0.3 is 29.0 Å². The average Bonchev–Trinajstić information content (AvgIpc) is 3.96. The van der Waals surface area contributed by atoms with Gasteiger partial charge in [-0.3, -0.25) is 0 Å². The molecule has 57 heavy (non-hydrogen) atoms. The van der Waals surface area contributed by atoms with Gasteiger partial charge in [0.1, 0.15) is 30.0 Å². The molecule has 0 amide bonds. The number of hydrogen-bond acceptors (Lipinski definition) is 10. The molecule has 17 heteroatoms. The maximum atomic E-state index is 11.9. The Morgan fingerprint density at radius 3 is 0.947 bits per heavy atom. The zero-order valence-electron chi connectivity index (χ0n) is 29.1. The van der Waals surface area contributed by atoms with Crippen molar-refractivity contribution in [3.8, 4) is 0 Å². The van der Waals surface area contributed by atoms with Crippen LogP contribution in [0.25, 0.3) is 92.7 Å². The van der Waals surface area contributed by atoms with Crippen LogP contribution in [-0.4, -0.2) is 65.8 Å². The maximum Gasteiger partial charge on any atom is 2.00 e. The van der Waals surface area contributed by atoms with Gasteiger partial charge in [-0.2, -0.15) is 0 Å². The van der Waals surface area contributed by atoms with Crippen LogP contribution in [-0.2, 0) is 37.0 Å². The number of fused-ring (bicyclic) bond motifs is 16. The van der Waals surface area contributed by atoms with E-state index >= 15 is 0 Å². The molecule has 1 radical (unpaired) electrons. The van der Waals surface area contributed by atoms with E-state index in [9.17, 15) is 25.9 Å². The normalized spacial score (nSPS) is 12.9. The molecule has 0 fully saturated rings. The third-order valence-corrected chi connectivity index (χ3v) is 10.7. The van der Waals surface area contributed by atoms with Crippen molar-refractivity contribution in [3.63, 3.8) is 0 Å². The number of nitrogens with one attached hydrogen (secondary N) is 4. The van der Waals surface area contributed by atoms with Gasteiger partial charge in [0, 0.05) is 33.1 Å². The molecule has 0 unspecified atom stereocenters. The molecule has 0 saturated carbocycles. The number of H-pyrrole nitrogens is 4. The molecular weight excluding hydrogens is 812 g/mol. The molecule has 4 aliphatic heterocycles. The van der Waals surface area contributed by atoms with Crippen molar-refractivity contribution in [1.82, 2.24) is 39.9 Å². The van der Waals surface area contributed by atoms with Crippen molar-refractivity contribution >= 4 is 113 Å². The molecule has 14 nitrogen and oxygen atoms in total. The summed E-state index contributed by atoms with van der Waals surface area (Å²) in [7, 11) is -9.50. The van der Waals surface area contributed by atoms with Gasteiger partial charge in [0.05, 0.1) is 56.6 Å². The van der Waals surface area contributed by atoms with Crippen LogP contribution in [0.3, 0.4) is 0 Å². The fourth-order valence-electron chi connectivity index (χ4n) is 6.49. The Hall–Kier alpha value is -6.47. The first-order valence-electron chi connectivity index (χ1n) is 16.9. The van der Waals surface area contributed by atoms with Crippen LogP contribution >= 0.6 is 0 Å². The van der Waals surface area contributed by atoms with E-state index < -0.39 is 20.2 Å². The molecule has 6 aromatic rings. The Labute approximate surface area is 334 Å². The van der Waals surface area contributed by atoms with E-state index in [0.717, 1.165) is 33.5 Å². The first-order valence-corrected chi connectivity index (χ1v) is 19.8. The van der Waals surface area contributed by atoms with Crippen LogP contribution in [0.15, 0.2) is 94.7 Å². The van der Waals surface area contributed by atoms with Crippen LogP contribution in [0.4, 0.5) is 0 Å². The van der Waals surface area contributed by atoms with Crippen molar-refractivity contribution in [2.24, 2.45) is 0 Å². The van der Waals surface area contributed by atoms with Gasteiger partial charge in [0.25, 0.3) is 0 Å². The van der Waals surface area contributed by atoms with Crippen molar-refractivity contribution in [3.05, 3.63) is 130 Å². The van der Waals surface area contributed by atoms with Crippen LogP contribution in [0.5, 0.6) is 0 Å². The maximum absolute atomic E-state index is 11.9. The fourth-order valence-corrected chi connectivity index (χ4v) is 8.01.